The van der Waals surface area contributed by atoms with Crippen LogP contribution >= 0.6 is 0 Å². The maximum absolute atomic E-state index is 15.0. The molecule has 0 bridgehead atoms. The van der Waals surface area contributed by atoms with Crippen LogP contribution < -0.4 is 4.74 Å². The van der Waals surface area contributed by atoms with Gasteiger partial charge in [0.05, 0.1) is 18.2 Å². The van der Waals surface area contributed by atoms with Gasteiger partial charge in [0.25, 0.3) is 11.7 Å². The Kier molecular flexibility index (Phi) is 7.16. The lowest BCUT2D eigenvalue weighted by Gasteiger charge is -2.26. The molecule has 1 aliphatic rings. The molecule has 0 saturated carbocycles. The van der Waals surface area contributed by atoms with Crippen molar-refractivity contribution in [1.82, 2.24) is 4.90 Å². The number of rotatable bonds is 6. The smallest absolute Gasteiger partial charge is 0.295 e. The normalized spacial score (nSPS) is 17.4. The Bertz CT molecular complexity index is 1370. The Morgan fingerprint density at radius 1 is 1.00 bits per heavy atom. The highest BCUT2D eigenvalue weighted by molar-refractivity contribution is 6.46. The molecule has 192 valence electrons. The van der Waals surface area contributed by atoms with Gasteiger partial charge >= 0.3 is 0 Å². The van der Waals surface area contributed by atoms with Crippen LogP contribution in [0.5, 0.6) is 5.75 Å². The topological polar surface area (TPSA) is 66.8 Å². The van der Waals surface area contributed by atoms with Crippen molar-refractivity contribution >= 4 is 17.4 Å². The average molecular weight is 506 g/mol. The van der Waals surface area contributed by atoms with E-state index in [0.29, 0.717) is 23.5 Å². The minimum absolute atomic E-state index is 0.0723. The Morgan fingerprint density at radius 2 is 1.68 bits per heavy atom. The van der Waals surface area contributed by atoms with Crippen LogP contribution in [0.25, 0.3) is 5.76 Å². The largest absolute Gasteiger partial charge is 0.507 e. The summed E-state index contributed by atoms with van der Waals surface area (Å²) >= 11 is 0. The molecule has 4 rings (SSSR count). The van der Waals surface area contributed by atoms with Crippen molar-refractivity contribution in [2.45, 2.75) is 45.7 Å². The van der Waals surface area contributed by atoms with Gasteiger partial charge in [-0.3, -0.25) is 9.59 Å². The highest BCUT2D eigenvalue weighted by Crippen LogP contribution is 2.42. The monoisotopic (exact) mass is 505 g/mol. The number of hydrogen-bond acceptors (Lipinski definition) is 4. The highest BCUT2D eigenvalue weighted by Gasteiger charge is 2.47. The van der Waals surface area contributed by atoms with Crippen molar-refractivity contribution < 1.29 is 28.2 Å². The third-order valence-electron chi connectivity index (χ3n) is 6.37. The summed E-state index contributed by atoms with van der Waals surface area (Å²) in [4.78, 5) is 27.7. The number of carbonyl (C=O) groups is 2. The lowest BCUT2D eigenvalue weighted by atomic mass is 9.84. The molecule has 0 aromatic heterocycles. The van der Waals surface area contributed by atoms with Gasteiger partial charge in [0.2, 0.25) is 0 Å². The van der Waals surface area contributed by atoms with Gasteiger partial charge in [-0.05, 0) is 54.3 Å². The molecule has 1 amide bonds. The Balaban J connectivity index is 1.89. The van der Waals surface area contributed by atoms with Crippen molar-refractivity contribution in [3.8, 4) is 5.75 Å². The number of carbonyl (C=O) groups excluding carboxylic acids is 2. The zero-order valence-corrected chi connectivity index (χ0v) is 21.2. The number of amides is 1. The molecule has 1 N–H and O–H groups in total. The van der Waals surface area contributed by atoms with Crippen LogP contribution in [0.15, 0.2) is 72.3 Å². The summed E-state index contributed by atoms with van der Waals surface area (Å²) in [5.74, 6) is -2.61. The summed E-state index contributed by atoms with van der Waals surface area (Å²) < 4.78 is 34.2. The molecular formula is C30H29F2NO4. The zero-order chi connectivity index (χ0) is 26.9. The predicted molar refractivity (Wildman–Crippen MR) is 137 cm³/mol. The summed E-state index contributed by atoms with van der Waals surface area (Å²) in [6, 6.07) is 15.2. The number of nitrogens with zero attached hydrogens (tertiary/aromatic N) is 1. The molecule has 1 atom stereocenters. The number of likely N-dealkylation sites (tertiary alicyclic amines) is 1. The van der Waals surface area contributed by atoms with E-state index >= 15 is 4.39 Å². The van der Waals surface area contributed by atoms with Gasteiger partial charge in [-0.2, -0.15) is 0 Å². The summed E-state index contributed by atoms with van der Waals surface area (Å²) in [6.07, 6.45) is 0. The second kappa shape index (κ2) is 10.2. The predicted octanol–water partition coefficient (Wildman–Crippen LogP) is 6.28. The van der Waals surface area contributed by atoms with Gasteiger partial charge in [0.1, 0.15) is 23.1 Å². The summed E-state index contributed by atoms with van der Waals surface area (Å²) in [5, 5.41) is 11.4. The van der Waals surface area contributed by atoms with Crippen LogP contribution in [0.1, 0.15) is 56.0 Å². The summed E-state index contributed by atoms with van der Waals surface area (Å²) in [5.41, 5.74) is 1.20. The first-order valence-corrected chi connectivity index (χ1v) is 12.1. The van der Waals surface area contributed by atoms with Crippen LogP contribution in [-0.2, 0) is 21.5 Å². The number of halogens is 2. The quantitative estimate of drug-likeness (QED) is 0.243. The Labute approximate surface area is 215 Å². The van der Waals surface area contributed by atoms with Gasteiger partial charge in [-0.1, -0.05) is 51.1 Å². The van der Waals surface area contributed by atoms with E-state index in [0.717, 1.165) is 5.56 Å². The molecule has 0 spiro atoms. The fourth-order valence-electron chi connectivity index (χ4n) is 4.55. The first-order valence-electron chi connectivity index (χ1n) is 12.1. The first kappa shape index (κ1) is 26.1. The van der Waals surface area contributed by atoms with Gasteiger partial charge < -0.3 is 14.7 Å². The van der Waals surface area contributed by atoms with Crippen LogP contribution in [0.2, 0.25) is 0 Å². The maximum atomic E-state index is 15.0. The zero-order valence-electron chi connectivity index (χ0n) is 21.2. The molecule has 37 heavy (non-hydrogen) atoms. The van der Waals surface area contributed by atoms with Crippen LogP contribution in [0.3, 0.4) is 0 Å². The van der Waals surface area contributed by atoms with E-state index in [1.165, 1.54) is 47.4 Å². The fourth-order valence-corrected chi connectivity index (χ4v) is 4.55. The molecule has 1 unspecified atom stereocenters. The van der Waals surface area contributed by atoms with Crippen molar-refractivity contribution in [2.75, 3.05) is 6.61 Å². The van der Waals surface area contributed by atoms with Gasteiger partial charge in [-0.15, -0.1) is 0 Å². The van der Waals surface area contributed by atoms with Gasteiger partial charge in [-0.25, -0.2) is 8.78 Å². The molecule has 1 heterocycles. The standard InChI is InChI=1S/C30H29F2NO4/c1-5-37-24-15-12-19(16-22(24)30(2,3)4)27(34)25-26(21-8-6-7-9-23(21)32)33(29(36)28(25)35)17-18-10-13-20(31)14-11-18/h6-16,26,34H,5,17H2,1-4H3/b27-25+. The van der Waals surface area contributed by atoms with E-state index in [-0.39, 0.29) is 23.1 Å². The van der Waals surface area contributed by atoms with Crippen LogP contribution in [0, 0.1) is 11.6 Å². The van der Waals surface area contributed by atoms with Gasteiger partial charge in [0, 0.05) is 23.2 Å². The second-order valence-corrected chi connectivity index (χ2v) is 9.97. The molecule has 7 heteroatoms. The minimum Gasteiger partial charge on any atom is -0.507 e. The number of aliphatic hydroxyl groups excluding tert-OH is 1. The first-order chi connectivity index (χ1) is 17.5. The number of Topliss-reactive ketones (excluding diaryl/α,β-unsaturated/α-hetero) is 1. The third kappa shape index (κ3) is 5.12. The lowest BCUT2D eigenvalue weighted by molar-refractivity contribution is -0.140. The van der Waals surface area contributed by atoms with E-state index < -0.39 is 35.1 Å². The average Bonchev–Trinajstić information content (AvgIpc) is 3.10. The van der Waals surface area contributed by atoms with Crippen LogP contribution in [-0.4, -0.2) is 28.3 Å². The molecular weight excluding hydrogens is 476 g/mol. The van der Waals surface area contributed by atoms with E-state index in [2.05, 4.69) is 0 Å². The molecule has 1 aliphatic heterocycles. The van der Waals surface area contributed by atoms with Crippen molar-refractivity contribution in [3.05, 3.63) is 106 Å². The number of ether oxygens (including phenoxy) is 1. The highest BCUT2D eigenvalue weighted by atomic mass is 19.1. The second-order valence-electron chi connectivity index (χ2n) is 9.97. The van der Waals surface area contributed by atoms with E-state index in [1.807, 2.05) is 27.7 Å². The van der Waals surface area contributed by atoms with Gasteiger partial charge in [0.15, 0.2) is 0 Å². The number of ketones is 1. The molecule has 1 fully saturated rings. The molecule has 0 radical (unpaired) electrons. The lowest BCUT2D eigenvalue weighted by Crippen LogP contribution is -2.29. The molecule has 1 saturated heterocycles. The fraction of sp³-hybridized carbons (Fsp3) is 0.267. The van der Waals surface area contributed by atoms with E-state index in [1.54, 1.807) is 24.3 Å². The van der Waals surface area contributed by atoms with Crippen LogP contribution in [0.4, 0.5) is 8.78 Å². The SMILES string of the molecule is CCOc1ccc(/C(O)=C2\C(=O)C(=O)N(Cc3ccc(F)cc3)C2c2ccccc2F)cc1C(C)(C)C. The minimum atomic E-state index is -1.17. The van der Waals surface area contributed by atoms with E-state index in [9.17, 15) is 19.1 Å². The van der Waals surface area contributed by atoms with Crippen molar-refractivity contribution in [2.24, 2.45) is 0 Å². The molecule has 5 nitrogen and oxygen atoms in total. The van der Waals surface area contributed by atoms with Crippen molar-refractivity contribution in [3.63, 3.8) is 0 Å². The Hall–Kier alpha value is -4.00. The number of aliphatic hydroxyl groups is 1. The molecule has 3 aromatic rings. The maximum Gasteiger partial charge on any atom is 0.295 e. The summed E-state index contributed by atoms with van der Waals surface area (Å²) in [6.45, 7) is 8.24. The van der Waals surface area contributed by atoms with Crippen molar-refractivity contribution in [1.29, 1.82) is 0 Å². The Morgan fingerprint density at radius 3 is 2.30 bits per heavy atom. The molecule has 0 aliphatic carbocycles. The number of benzene rings is 3. The number of hydrogen-bond donors (Lipinski definition) is 1. The summed E-state index contributed by atoms with van der Waals surface area (Å²) in [7, 11) is 0. The third-order valence-corrected chi connectivity index (χ3v) is 6.37. The molecule has 3 aromatic carbocycles. The van der Waals surface area contributed by atoms with E-state index in [4.69, 9.17) is 4.74 Å².